The number of ketones is 1. The van der Waals surface area contributed by atoms with Crippen LogP contribution in [0.4, 0.5) is 0 Å². The number of ether oxygens (including phenoxy) is 2. The fourth-order valence-electron chi connectivity index (χ4n) is 2.57. The Kier molecular flexibility index (Phi) is 3.88. The first-order valence-electron chi connectivity index (χ1n) is 6.72. The Morgan fingerprint density at radius 2 is 1.95 bits per heavy atom. The number of benzene rings is 2. The number of methoxy groups -OCH3 is 2. The maximum atomic E-state index is 12.9. The van der Waals surface area contributed by atoms with Crippen molar-refractivity contribution in [3.63, 3.8) is 0 Å². The van der Waals surface area contributed by atoms with Crippen molar-refractivity contribution in [2.45, 2.75) is 10.8 Å². The molecule has 2 aromatic carbocycles. The van der Waals surface area contributed by atoms with Gasteiger partial charge in [-0.05, 0) is 23.8 Å². The zero-order chi connectivity index (χ0) is 14.8. The zero-order valence-electron chi connectivity index (χ0n) is 12.0. The summed E-state index contributed by atoms with van der Waals surface area (Å²) in [4.78, 5) is 14.1. The van der Waals surface area contributed by atoms with Crippen LogP contribution in [-0.2, 0) is 0 Å². The number of hydrogen-bond donors (Lipinski definition) is 0. The fraction of sp³-hybridized carbons (Fsp3) is 0.235. The largest absolute Gasteiger partial charge is 0.497 e. The van der Waals surface area contributed by atoms with Crippen molar-refractivity contribution in [3.05, 3.63) is 53.6 Å². The normalized spacial score (nSPS) is 16.4. The Labute approximate surface area is 128 Å². The predicted octanol–water partition coefficient (Wildman–Crippen LogP) is 3.78. The first-order chi connectivity index (χ1) is 10.2. The van der Waals surface area contributed by atoms with E-state index in [4.69, 9.17) is 9.47 Å². The average molecular weight is 300 g/mol. The van der Waals surface area contributed by atoms with Crippen LogP contribution >= 0.6 is 11.8 Å². The van der Waals surface area contributed by atoms with Crippen LogP contribution in [0.3, 0.4) is 0 Å². The summed E-state index contributed by atoms with van der Waals surface area (Å²) in [6.45, 7) is 0. The minimum absolute atomic E-state index is 0.103. The first kappa shape index (κ1) is 14.0. The number of Topliss-reactive ketones (excluding diaryl/α,β-unsaturated/α-hetero) is 1. The van der Waals surface area contributed by atoms with Crippen LogP contribution in [0, 0.1) is 0 Å². The predicted molar refractivity (Wildman–Crippen MR) is 83.8 cm³/mol. The summed E-state index contributed by atoms with van der Waals surface area (Å²) < 4.78 is 10.5. The standard InChI is InChI=1S/C17H16O3S/c1-19-11-7-8-13(15(9-11)20-2)17(18)14-10-21-16-6-4-3-5-12(14)16/h3-9,14H,10H2,1-2H3. The number of carbonyl (C=O) groups is 1. The lowest BCUT2D eigenvalue weighted by atomic mass is 9.92. The summed E-state index contributed by atoms with van der Waals surface area (Å²) in [5, 5.41) is 0. The van der Waals surface area contributed by atoms with Gasteiger partial charge in [-0.1, -0.05) is 18.2 Å². The summed E-state index contributed by atoms with van der Waals surface area (Å²) in [6, 6.07) is 13.4. The Hall–Kier alpha value is -1.94. The monoisotopic (exact) mass is 300 g/mol. The van der Waals surface area contributed by atoms with Crippen molar-refractivity contribution in [2.75, 3.05) is 20.0 Å². The Balaban J connectivity index is 1.97. The highest BCUT2D eigenvalue weighted by atomic mass is 32.2. The van der Waals surface area contributed by atoms with Gasteiger partial charge < -0.3 is 9.47 Å². The van der Waals surface area contributed by atoms with E-state index in [1.165, 1.54) is 4.90 Å². The van der Waals surface area contributed by atoms with Gasteiger partial charge in [0.2, 0.25) is 0 Å². The van der Waals surface area contributed by atoms with Crippen LogP contribution < -0.4 is 9.47 Å². The Bertz CT molecular complexity index is 681. The molecule has 2 aromatic rings. The lowest BCUT2D eigenvalue weighted by Crippen LogP contribution is -2.13. The fourth-order valence-corrected chi connectivity index (χ4v) is 3.80. The number of hydrogen-bond acceptors (Lipinski definition) is 4. The molecule has 4 heteroatoms. The second-order valence-electron chi connectivity index (χ2n) is 4.83. The molecule has 1 atom stereocenters. The van der Waals surface area contributed by atoms with Gasteiger partial charge in [-0.3, -0.25) is 4.79 Å². The van der Waals surface area contributed by atoms with Gasteiger partial charge in [0, 0.05) is 16.7 Å². The third-order valence-corrected chi connectivity index (χ3v) is 4.87. The van der Waals surface area contributed by atoms with Gasteiger partial charge in [-0.25, -0.2) is 0 Å². The topological polar surface area (TPSA) is 35.5 Å². The molecule has 0 bridgehead atoms. The van der Waals surface area contributed by atoms with Crippen molar-refractivity contribution in [3.8, 4) is 11.5 Å². The maximum absolute atomic E-state index is 12.9. The van der Waals surface area contributed by atoms with Gasteiger partial charge in [0.1, 0.15) is 11.5 Å². The van der Waals surface area contributed by atoms with Crippen LogP contribution in [0.2, 0.25) is 0 Å². The molecule has 1 unspecified atom stereocenters. The molecule has 3 nitrogen and oxygen atoms in total. The summed E-state index contributed by atoms with van der Waals surface area (Å²) in [5.41, 5.74) is 1.73. The molecule has 0 spiro atoms. The zero-order valence-corrected chi connectivity index (χ0v) is 12.8. The van der Waals surface area contributed by atoms with E-state index in [-0.39, 0.29) is 11.7 Å². The van der Waals surface area contributed by atoms with Gasteiger partial charge in [-0.15, -0.1) is 11.8 Å². The van der Waals surface area contributed by atoms with E-state index in [1.54, 1.807) is 44.2 Å². The van der Waals surface area contributed by atoms with E-state index in [9.17, 15) is 4.79 Å². The minimum Gasteiger partial charge on any atom is -0.497 e. The SMILES string of the molecule is COc1ccc(C(=O)C2CSc3ccccc32)c(OC)c1. The Morgan fingerprint density at radius 1 is 1.14 bits per heavy atom. The number of carbonyl (C=O) groups excluding carboxylic acids is 1. The van der Waals surface area contributed by atoms with E-state index >= 15 is 0 Å². The third kappa shape index (κ3) is 2.51. The van der Waals surface area contributed by atoms with Gasteiger partial charge in [-0.2, -0.15) is 0 Å². The maximum Gasteiger partial charge on any atom is 0.174 e. The molecule has 0 N–H and O–H groups in total. The van der Waals surface area contributed by atoms with Crippen molar-refractivity contribution in [2.24, 2.45) is 0 Å². The summed E-state index contributed by atoms with van der Waals surface area (Å²) >= 11 is 1.73. The van der Waals surface area contributed by atoms with Crippen molar-refractivity contribution in [1.29, 1.82) is 0 Å². The molecule has 1 heterocycles. The smallest absolute Gasteiger partial charge is 0.174 e. The molecule has 0 fully saturated rings. The third-order valence-electron chi connectivity index (χ3n) is 3.69. The second kappa shape index (κ2) is 5.82. The Morgan fingerprint density at radius 3 is 2.71 bits per heavy atom. The summed E-state index contributed by atoms with van der Waals surface area (Å²) in [6.07, 6.45) is 0. The van der Waals surface area contributed by atoms with E-state index in [0.717, 1.165) is 11.3 Å². The molecule has 0 radical (unpaired) electrons. The molecule has 108 valence electrons. The van der Waals surface area contributed by atoms with Crippen LogP contribution in [0.15, 0.2) is 47.4 Å². The molecule has 0 amide bonds. The van der Waals surface area contributed by atoms with E-state index in [2.05, 4.69) is 6.07 Å². The number of fused-ring (bicyclic) bond motifs is 1. The summed E-state index contributed by atoms with van der Waals surface area (Å²) in [7, 11) is 3.17. The quantitative estimate of drug-likeness (QED) is 0.805. The summed E-state index contributed by atoms with van der Waals surface area (Å²) in [5.74, 6) is 2.03. The average Bonchev–Trinajstić information content (AvgIpc) is 2.97. The van der Waals surface area contributed by atoms with Crippen molar-refractivity contribution < 1.29 is 14.3 Å². The molecule has 0 saturated carbocycles. The van der Waals surface area contributed by atoms with Crippen LogP contribution in [-0.4, -0.2) is 25.8 Å². The number of rotatable bonds is 4. The molecule has 3 rings (SSSR count). The van der Waals surface area contributed by atoms with Gasteiger partial charge in [0.25, 0.3) is 0 Å². The van der Waals surface area contributed by atoms with Gasteiger partial charge in [0.15, 0.2) is 5.78 Å². The lowest BCUT2D eigenvalue weighted by molar-refractivity contribution is 0.0965. The lowest BCUT2D eigenvalue weighted by Gasteiger charge is -2.13. The molecule has 21 heavy (non-hydrogen) atoms. The highest BCUT2D eigenvalue weighted by Gasteiger charge is 2.31. The molecular weight excluding hydrogens is 284 g/mol. The molecular formula is C17H16O3S. The highest BCUT2D eigenvalue weighted by Crippen LogP contribution is 2.42. The molecule has 1 aliphatic heterocycles. The molecule has 0 saturated heterocycles. The highest BCUT2D eigenvalue weighted by molar-refractivity contribution is 7.99. The minimum atomic E-state index is -0.103. The van der Waals surface area contributed by atoms with Crippen molar-refractivity contribution in [1.82, 2.24) is 0 Å². The molecule has 1 aliphatic rings. The van der Waals surface area contributed by atoms with Gasteiger partial charge >= 0.3 is 0 Å². The van der Waals surface area contributed by atoms with Crippen LogP contribution in [0.1, 0.15) is 21.8 Å². The first-order valence-corrected chi connectivity index (χ1v) is 7.71. The van der Waals surface area contributed by atoms with E-state index < -0.39 is 0 Å². The molecule has 0 aliphatic carbocycles. The van der Waals surface area contributed by atoms with Crippen LogP contribution in [0.25, 0.3) is 0 Å². The van der Waals surface area contributed by atoms with Crippen molar-refractivity contribution >= 4 is 17.5 Å². The molecule has 0 aromatic heterocycles. The van der Waals surface area contributed by atoms with E-state index in [0.29, 0.717) is 17.1 Å². The van der Waals surface area contributed by atoms with Gasteiger partial charge in [0.05, 0.1) is 25.7 Å². The van der Waals surface area contributed by atoms with Crippen LogP contribution in [0.5, 0.6) is 11.5 Å². The number of thioether (sulfide) groups is 1. The second-order valence-corrected chi connectivity index (χ2v) is 5.89. The van der Waals surface area contributed by atoms with E-state index in [1.807, 2.05) is 18.2 Å².